The minimum Gasteiger partial charge on any atom is -0.492 e. The lowest BCUT2D eigenvalue weighted by Gasteiger charge is -2.22. The molecule has 2 rings (SSSR count). The van der Waals surface area contributed by atoms with E-state index < -0.39 is 0 Å². The molecule has 5 heteroatoms. The number of likely N-dealkylation sites (tertiary alicyclic amines) is 1. The van der Waals surface area contributed by atoms with Crippen LogP contribution in [0, 0.1) is 13.8 Å². The number of hydrogen-bond donors (Lipinski definition) is 1. The van der Waals surface area contributed by atoms with Gasteiger partial charge in [0.15, 0.2) is 0 Å². The molecule has 5 nitrogen and oxygen atoms in total. The summed E-state index contributed by atoms with van der Waals surface area (Å²) in [4.78, 5) is 25.2. The Morgan fingerprint density at radius 3 is 2.59 bits per heavy atom. The van der Waals surface area contributed by atoms with Crippen LogP contribution in [0.15, 0.2) is 18.2 Å². The molecule has 1 aromatic rings. The summed E-state index contributed by atoms with van der Waals surface area (Å²) in [5.74, 6) is 0.693. The van der Waals surface area contributed by atoms with E-state index in [0.717, 1.165) is 29.7 Å². The van der Waals surface area contributed by atoms with Crippen molar-refractivity contribution in [3.05, 3.63) is 29.3 Å². The molecule has 1 aliphatic heterocycles. The highest BCUT2D eigenvalue weighted by atomic mass is 16.5. The summed E-state index contributed by atoms with van der Waals surface area (Å²) < 4.78 is 5.66. The molecule has 1 saturated heterocycles. The number of nitrogens with one attached hydrogen (secondary N) is 1. The maximum absolute atomic E-state index is 12.1. The number of hydrogen-bond acceptors (Lipinski definition) is 3. The van der Waals surface area contributed by atoms with Crippen molar-refractivity contribution in [2.24, 2.45) is 0 Å². The number of aryl methyl sites for hydroxylation is 2. The Morgan fingerprint density at radius 2 is 1.95 bits per heavy atom. The Kier molecular flexibility index (Phi) is 5.41. The van der Waals surface area contributed by atoms with Gasteiger partial charge in [0.1, 0.15) is 18.4 Å². The van der Waals surface area contributed by atoms with Crippen LogP contribution in [0.5, 0.6) is 5.75 Å². The first-order chi connectivity index (χ1) is 10.5. The molecule has 0 aliphatic carbocycles. The third-order valence-electron chi connectivity index (χ3n) is 3.83. The standard InChI is InChI=1S/C17H24N2O3/c1-12-9-13(2)11-15(10-12)22-8-6-18-17(21)16-5-4-7-19(16)14(3)20/h9-11,16H,4-8H2,1-3H3,(H,18,21)/t16-/m0/s1. The molecule has 1 heterocycles. The van der Waals surface area contributed by atoms with E-state index in [0.29, 0.717) is 19.7 Å². The van der Waals surface area contributed by atoms with Crippen LogP contribution in [-0.4, -0.2) is 42.5 Å². The number of amides is 2. The van der Waals surface area contributed by atoms with Gasteiger partial charge in [0.05, 0.1) is 6.54 Å². The first-order valence-corrected chi connectivity index (χ1v) is 7.73. The molecule has 1 N–H and O–H groups in total. The fourth-order valence-corrected chi connectivity index (χ4v) is 2.89. The van der Waals surface area contributed by atoms with E-state index in [1.165, 1.54) is 6.92 Å². The van der Waals surface area contributed by atoms with Crippen LogP contribution in [0.3, 0.4) is 0 Å². The Morgan fingerprint density at radius 1 is 1.27 bits per heavy atom. The third kappa shape index (κ3) is 4.23. The Bertz CT molecular complexity index is 537. The van der Waals surface area contributed by atoms with Gasteiger partial charge in [-0.25, -0.2) is 0 Å². The third-order valence-corrected chi connectivity index (χ3v) is 3.83. The van der Waals surface area contributed by atoms with Crippen LogP contribution in [-0.2, 0) is 9.59 Å². The normalized spacial score (nSPS) is 17.4. The summed E-state index contributed by atoms with van der Waals surface area (Å²) in [6, 6.07) is 5.72. The molecule has 0 aromatic heterocycles. The molecule has 120 valence electrons. The molecule has 0 radical (unpaired) electrons. The molecule has 1 aliphatic rings. The lowest BCUT2D eigenvalue weighted by Crippen LogP contribution is -2.46. The molecule has 0 spiro atoms. The van der Waals surface area contributed by atoms with Crippen LogP contribution in [0.2, 0.25) is 0 Å². The van der Waals surface area contributed by atoms with Crippen LogP contribution >= 0.6 is 0 Å². The van der Waals surface area contributed by atoms with E-state index in [9.17, 15) is 9.59 Å². The molecule has 0 saturated carbocycles. The van der Waals surface area contributed by atoms with Crippen LogP contribution in [0.25, 0.3) is 0 Å². The van der Waals surface area contributed by atoms with Gasteiger partial charge < -0.3 is 15.0 Å². The Hall–Kier alpha value is -2.04. The minimum absolute atomic E-state index is 0.0378. The van der Waals surface area contributed by atoms with Gasteiger partial charge in [0, 0.05) is 13.5 Å². The van der Waals surface area contributed by atoms with Gasteiger partial charge in [0.2, 0.25) is 11.8 Å². The summed E-state index contributed by atoms with van der Waals surface area (Å²) in [7, 11) is 0. The summed E-state index contributed by atoms with van der Waals surface area (Å²) in [5.41, 5.74) is 2.31. The van der Waals surface area contributed by atoms with Crippen molar-refractivity contribution in [3.8, 4) is 5.75 Å². The molecule has 22 heavy (non-hydrogen) atoms. The van der Waals surface area contributed by atoms with Crippen LogP contribution in [0.4, 0.5) is 0 Å². The fraction of sp³-hybridized carbons (Fsp3) is 0.529. The topological polar surface area (TPSA) is 58.6 Å². The predicted molar refractivity (Wildman–Crippen MR) is 84.8 cm³/mol. The first kappa shape index (κ1) is 16.3. The molecular formula is C17H24N2O3. The second-order valence-electron chi connectivity index (χ2n) is 5.83. The average Bonchev–Trinajstić information content (AvgIpc) is 2.92. The molecule has 2 amide bonds. The van der Waals surface area contributed by atoms with Crippen molar-refractivity contribution in [2.75, 3.05) is 19.7 Å². The highest BCUT2D eigenvalue weighted by molar-refractivity contribution is 5.87. The van der Waals surface area contributed by atoms with E-state index in [1.54, 1.807) is 4.90 Å². The van der Waals surface area contributed by atoms with Crippen molar-refractivity contribution in [3.63, 3.8) is 0 Å². The van der Waals surface area contributed by atoms with Crippen molar-refractivity contribution in [1.29, 1.82) is 0 Å². The zero-order valence-electron chi connectivity index (χ0n) is 13.5. The summed E-state index contributed by atoms with van der Waals surface area (Å²) in [6.07, 6.45) is 1.63. The van der Waals surface area contributed by atoms with Gasteiger partial charge in [0.25, 0.3) is 0 Å². The van der Waals surface area contributed by atoms with Crippen molar-refractivity contribution >= 4 is 11.8 Å². The lowest BCUT2D eigenvalue weighted by atomic mass is 10.1. The second-order valence-corrected chi connectivity index (χ2v) is 5.83. The fourth-order valence-electron chi connectivity index (χ4n) is 2.89. The number of ether oxygens (including phenoxy) is 1. The van der Waals surface area contributed by atoms with Gasteiger partial charge in [-0.2, -0.15) is 0 Å². The molecule has 0 unspecified atom stereocenters. The van der Waals surface area contributed by atoms with Gasteiger partial charge in [-0.05, 0) is 49.9 Å². The smallest absolute Gasteiger partial charge is 0.242 e. The highest BCUT2D eigenvalue weighted by Crippen LogP contribution is 2.17. The number of carbonyl (C=O) groups excluding carboxylic acids is 2. The largest absolute Gasteiger partial charge is 0.492 e. The molecule has 0 bridgehead atoms. The maximum atomic E-state index is 12.1. The lowest BCUT2D eigenvalue weighted by molar-refractivity contribution is -0.136. The molecule has 1 atom stereocenters. The second kappa shape index (κ2) is 7.29. The number of carbonyl (C=O) groups is 2. The predicted octanol–water partition coefficient (Wildman–Crippen LogP) is 1.81. The van der Waals surface area contributed by atoms with Crippen molar-refractivity contribution in [2.45, 2.75) is 39.7 Å². The summed E-state index contributed by atoms with van der Waals surface area (Å²) >= 11 is 0. The zero-order valence-corrected chi connectivity index (χ0v) is 13.5. The number of benzene rings is 1. The molecule has 1 fully saturated rings. The highest BCUT2D eigenvalue weighted by Gasteiger charge is 2.31. The minimum atomic E-state index is -0.321. The maximum Gasteiger partial charge on any atom is 0.242 e. The molecular weight excluding hydrogens is 280 g/mol. The van der Waals surface area contributed by atoms with Gasteiger partial charge in [-0.1, -0.05) is 6.07 Å². The van der Waals surface area contributed by atoms with Gasteiger partial charge in [-0.15, -0.1) is 0 Å². The van der Waals surface area contributed by atoms with Crippen LogP contribution in [0.1, 0.15) is 30.9 Å². The van der Waals surface area contributed by atoms with E-state index >= 15 is 0 Å². The average molecular weight is 304 g/mol. The van der Waals surface area contributed by atoms with Gasteiger partial charge in [-0.3, -0.25) is 9.59 Å². The van der Waals surface area contributed by atoms with Crippen molar-refractivity contribution in [1.82, 2.24) is 10.2 Å². The van der Waals surface area contributed by atoms with Crippen molar-refractivity contribution < 1.29 is 14.3 Å². The van der Waals surface area contributed by atoms with E-state index in [2.05, 4.69) is 11.4 Å². The summed E-state index contributed by atoms with van der Waals surface area (Å²) in [5, 5.41) is 2.85. The van der Waals surface area contributed by atoms with E-state index in [1.807, 2.05) is 26.0 Å². The monoisotopic (exact) mass is 304 g/mol. The zero-order chi connectivity index (χ0) is 16.1. The van der Waals surface area contributed by atoms with Gasteiger partial charge >= 0.3 is 0 Å². The Balaban J connectivity index is 1.76. The van der Waals surface area contributed by atoms with Crippen LogP contribution < -0.4 is 10.1 Å². The number of nitrogens with zero attached hydrogens (tertiary/aromatic N) is 1. The number of rotatable bonds is 5. The van der Waals surface area contributed by atoms with E-state index in [4.69, 9.17) is 4.74 Å². The molecule has 1 aromatic carbocycles. The SMILES string of the molecule is CC(=O)N1CCC[C@H]1C(=O)NCCOc1cc(C)cc(C)c1. The Labute approximate surface area is 131 Å². The summed E-state index contributed by atoms with van der Waals surface area (Å²) in [6.45, 7) is 7.09. The van der Waals surface area contributed by atoms with E-state index in [-0.39, 0.29) is 17.9 Å². The quantitative estimate of drug-likeness (QED) is 0.844. The first-order valence-electron chi connectivity index (χ1n) is 7.73.